The molecule has 1 aliphatic rings. The predicted molar refractivity (Wildman–Crippen MR) is 118 cm³/mol. The summed E-state index contributed by atoms with van der Waals surface area (Å²) < 4.78 is 10.5. The van der Waals surface area contributed by atoms with Crippen LogP contribution in [0.2, 0.25) is 0 Å². The fourth-order valence-corrected chi connectivity index (χ4v) is 3.75. The van der Waals surface area contributed by atoms with E-state index in [0.29, 0.717) is 23.7 Å². The lowest BCUT2D eigenvalue weighted by atomic mass is 10.2. The van der Waals surface area contributed by atoms with Gasteiger partial charge < -0.3 is 24.7 Å². The van der Waals surface area contributed by atoms with Gasteiger partial charge in [0.25, 0.3) is 0 Å². The zero-order chi connectivity index (χ0) is 20.9. The van der Waals surface area contributed by atoms with Crippen molar-refractivity contribution in [3.63, 3.8) is 0 Å². The monoisotopic (exact) mass is 409 g/mol. The molecule has 158 valence electrons. The van der Waals surface area contributed by atoms with Crippen LogP contribution in [0.3, 0.4) is 0 Å². The maximum absolute atomic E-state index is 12.6. The van der Waals surface area contributed by atoms with Crippen LogP contribution >= 0.6 is 0 Å². The lowest BCUT2D eigenvalue weighted by Gasteiger charge is -2.21. The van der Waals surface area contributed by atoms with E-state index in [1.54, 1.807) is 26.4 Å². The number of carbonyl (C=O) groups excluding carboxylic acids is 1. The summed E-state index contributed by atoms with van der Waals surface area (Å²) in [7, 11) is 3.17. The molecule has 30 heavy (non-hydrogen) atoms. The number of imidazole rings is 1. The number of para-hydroxylation sites is 2. The molecule has 1 fully saturated rings. The number of nitrogens with zero attached hydrogens (tertiary/aromatic N) is 3. The minimum atomic E-state index is -0.0422. The van der Waals surface area contributed by atoms with E-state index in [-0.39, 0.29) is 5.91 Å². The second kappa shape index (κ2) is 9.04. The van der Waals surface area contributed by atoms with Crippen LogP contribution in [0, 0.1) is 0 Å². The largest absolute Gasteiger partial charge is 0.493 e. The molecular formula is C22H27N5O3. The fraction of sp³-hybridized carbons (Fsp3) is 0.364. The van der Waals surface area contributed by atoms with Gasteiger partial charge in [-0.15, -0.1) is 0 Å². The van der Waals surface area contributed by atoms with Crippen molar-refractivity contribution in [2.24, 2.45) is 0 Å². The minimum Gasteiger partial charge on any atom is -0.493 e. The third-order valence-electron chi connectivity index (χ3n) is 5.30. The van der Waals surface area contributed by atoms with Crippen LogP contribution in [0.1, 0.15) is 6.42 Å². The zero-order valence-corrected chi connectivity index (χ0v) is 17.4. The maximum atomic E-state index is 12.6. The third kappa shape index (κ3) is 4.49. The highest BCUT2D eigenvalue weighted by atomic mass is 16.5. The molecule has 0 radical (unpaired) electrons. The Balaban J connectivity index is 1.34. The normalized spacial score (nSPS) is 15.1. The van der Waals surface area contributed by atoms with Crippen molar-refractivity contribution in [2.45, 2.75) is 6.42 Å². The van der Waals surface area contributed by atoms with Gasteiger partial charge in [0.05, 0.1) is 31.8 Å². The SMILES string of the molecule is COc1ccc(NC(=O)CN2CCCN(c3nc4ccccc4[nH]3)CC2)cc1OC. The van der Waals surface area contributed by atoms with Gasteiger partial charge in [0.2, 0.25) is 11.9 Å². The van der Waals surface area contributed by atoms with Crippen LogP contribution in [-0.4, -0.2) is 67.7 Å². The van der Waals surface area contributed by atoms with Gasteiger partial charge in [-0.1, -0.05) is 12.1 Å². The average Bonchev–Trinajstić information content (AvgIpc) is 3.06. The van der Waals surface area contributed by atoms with Crippen molar-refractivity contribution < 1.29 is 14.3 Å². The Bertz CT molecular complexity index is 986. The van der Waals surface area contributed by atoms with E-state index < -0.39 is 0 Å². The molecule has 4 rings (SSSR count). The lowest BCUT2D eigenvalue weighted by Crippen LogP contribution is -2.36. The molecule has 8 nitrogen and oxygen atoms in total. The molecule has 1 aromatic heterocycles. The number of carbonyl (C=O) groups is 1. The Labute approximate surface area is 175 Å². The number of hydrogen-bond acceptors (Lipinski definition) is 6. The quantitative estimate of drug-likeness (QED) is 0.651. The van der Waals surface area contributed by atoms with E-state index in [4.69, 9.17) is 14.5 Å². The Hall–Kier alpha value is -3.26. The molecule has 0 atom stereocenters. The van der Waals surface area contributed by atoms with E-state index in [1.165, 1.54) is 0 Å². The number of benzene rings is 2. The number of methoxy groups -OCH3 is 2. The van der Waals surface area contributed by atoms with Gasteiger partial charge in [-0.05, 0) is 30.7 Å². The Morgan fingerprint density at radius 3 is 2.70 bits per heavy atom. The second-order valence-electron chi connectivity index (χ2n) is 7.31. The summed E-state index contributed by atoms with van der Waals surface area (Å²) in [6.45, 7) is 3.76. The topological polar surface area (TPSA) is 82.7 Å². The highest BCUT2D eigenvalue weighted by Gasteiger charge is 2.19. The van der Waals surface area contributed by atoms with Crippen LogP contribution in [0.15, 0.2) is 42.5 Å². The van der Waals surface area contributed by atoms with Gasteiger partial charge in [-0.25, -0.2) is 4.98 Å². The molecule has 0 unspecified atom stereocenters. The lowest BCUT2D eigenvalue weighted by molar-refractivity contribution is -0.117. The molecule has 0 spiro atoms. The van der Waals surface area contributed by atoms with Crippen LogP contribution in [0.25, 0.3) is 11.0 Å². The maximum Gasteiger partial charge on any atom is 0.238 e. The minimum absolute atomic E-state index is 0.0422. The predicted octanol–water partition coefficient (Wildman–Crippen LogP) is 2.73. The molecule has 8 heteroatoms. The fourth-order valence-electron chi connectivity index (χ4n) is 3.75. The van der Waals surface area contributed by atoms with Crippen molar-refractivity contribution in [3.8, 4) is 11.5 Å². The number of ether oxygens (including phenoxy) is 2. The Kier molecular flexibility index (Phi) is 6.04. The number of H-pyrrole nitrogens is 1. The van der Waals surface area contributed by atoms with Gasteiger partial charge in [0.1, 0.15) is 0 Å². The molecule has 2 aromatic carbocycles. The number of nitrogens with one attached hydrogen (secondary N) is 2. The molecule has 0 saturated carbocycles. The van der Waals surface area contributed by atoms with Gasteiger partial charge in [-0.2, -0.15) is 0 Å². The van der Waals surface area contributed by atoms with Crippen molar-refractivity contribution in [2.75, 3.05) is 57.2 Å². The second-order valence-corrected chi connectivity index (χ2v) is 7.31. The van der Waals surface area contributed by atoms with E-state index in [0.717, 1.165) is 49.6 Å². The van der Waals surface area contributed by atoms with Crippen LogP contribution < -0.4 is 19.7 Å². The summed E-state index contributed by atoms with van der Waals surface area (Å²) in [4.78, 5) is 25.1. The molecule has 2 heterocycles. The summed E-state index contributed by atoms with van der Waals surface area (Å²) in [6, 6.07) is 13.4. The standard InChI is InChI=1S/C22H27N5O3/c1-29-19-9-8-16(14-20(19)30-2)23-21(28)15-26-10-5-11-27(13-12-26)22-24-17-6-3-4-7-18(17)25-22/h3-4,6-9,14H,5,10-13,15H2,1-2H3,(H,23,28)(H,24,25). The Morgan fingerprint density at radius 1 is 1.07 bits per heavy atom. The molecule has 2 N–H and O–H groups in total. The van der Waals surface area contributed by atoms with Gasteiger partial charge in [0, 0.05) is 37.9 Å². The molecule has 1 aliphatic heterocycles. The molecule has 1 amide bonds. The highest BCUT2D eigenvalue weighted by Crippen LogP contribution is 2.29. The van der Waals surface area contributed by atoms with Crippen molar-refractivity contribution in [1.82, 2.24) is 14.9 Å². The van der Waals surface area contributed by atoms with Crippen LogP contribution in [0.4, 0.5) is 11.6 Å². The molecule has 3 aromatic rings. The number of anilines is 2. The van der Waals surface area contributed by atoms with Crippen LogP contribution in [-0.2, 0) is 4.79 Å². The first-order chi connectivity index (χ1) is 14.7. The number of aromatic nitrogens is 2. The third-order valence-corrected chi connectivity index (χ3v) is 5.30. The van der Waals surface area contributed by atoms with Gasteiger partial charge in [-0.3, -0.25) is 9.69 Å². The van der Waals surface area contributed by atoms with E-state index in [1.807, 2.05) is 30.3 Å². The van der Waals surface area contributed by atoms with Crippen molar-refractivity contribution in [1.29, 1.82) is 0 Å². The first kappa shape index (κ1) is 20.0. The summed E-state index contributed by atoms with van der Waals surface area (Å²) in [6.07, 6.45) is 0.973. The zero-order valence-electron chi connectivity index (χ0n) is 17.4. The number of hydrogen-bond donors (Lipinski definition) is 2. The summed E-state index contributed by atoms with van der Waals surface area (Å²) >= 11 is 0. The molecule has 0 aliphatic carbocycles. The molecule has 0 bridgehead atoms. The summed E-state index contributed by atoms with van der Waals surface area (Å²) in [5.74, 6) is 2.08. The Morgan fingerprint density at radius 2 is 1.90 bits per heavy atom. The molecule has 1 saturated heterocycles. The van der Waals surface area contributed by atoms with Crippen molar-refractivity contribution >= 4 is 28.6 Å². The first-order valence-corrected chi connectivity index (χ1v) is 10.1. The summed E-state index contributed by atoms with van der Waals surface area (Å²) in [5.41, 5.74) is 2.71. The number of aromatic amines is 1. The van der Waals surface area contributed by atoms with Crippen LogP contribution in [0.5, 0.6) is 11.5 Å². The number of fused-ring (bicyclic) bond motifs is 1. The summed E-state index contributed by atoms with van der Waals surface area (Å²) in [5, 5.41) is 2.95. The van der Waals surface area contributed by atoms with Crippen molar-refractivity contribution in [3.05, 3.63) is 42.5 Å². The van der Waals surface area contributed by atoms with E-state index in [9.17, 15) is 4.79 Å². The van der Waals surface area contributed by atoms with Gasteiger partial charge >= 0.3 is 0 Å². The molecular weight excluding hydrogens is 382 g/mol. The smallest absolute Gasteiger partial charge is 0.238 e. The van der Waals surface area contributed by atoms with E-state index >= 15 is 0 Å². The average molecular weight is 409 g/mol. The number of amides is 1. The van der Waals surface area contributed by atoms with E-state index in [2.05, 4.69) is 20.1 Å². The highest BCUT2D eigenvalue weighted by molar-refractivity contribution is 5.92. The first-order valence-electron chi connectivity index (χ1n) is 10.1. The number of rotatable bonds is 6. The van der Waals surface area contributed by atoms with Gasteiger partial charge in [0.15, 0.2) is 11.5 Å².